The SMILES string of the molecule is COc1ccc(CN2C[C@@H](C)[C@H](C(=O)N3CCOCC3)C2)cc1C#N. The Labute approximate surface area is 148 Å². The molecule has 1 aromatic carbocycles. The Hall–Kier alpha value is -2.10. The van der Waals surface area contributed by atoms with E-state index in [-0.39, 0.29) is 11.8 Å². The molecule has 2 saturated heterocycles. The number of benzene rings is 1. The molecule has 1 amide bonds. The predicted molar refractivity (Wildman–Crippen MR) is 93.0 cm³/mol. The second kappa shape index (κ2) is 7.85. The van der Waals surface area contributed by atoms with Crippen LogP contribution in [0.5, 0.6) is 5.75 Å². The normalized spacial score (nSPS) is 24.1. The third-order valence-corrected chi connectivity index (χ3v) is 5.12. The predicted octanol–water partition coefficient (Wildman–Crippen LogP) is 1.49. The van der Waals surface area contributed by atoms with Gasteiger partial charge in [0.1, 0.15) is 11.8 Å². The van der Waals surface area contributed by atoms with E-state index in [1.54, 1.807) is 7.11 Å². The van der Waals surface area contributed by atoms with Crippen molar-refractivity contribution >= 4 is 5.91 Å². The van der Waals surface area contributed by atoms with Crippen LogP contribution in [0.15, 0.2) is 18.2 Å². The number of carbonyl (C=O) groups is 1. The lowest BCUT2D eigenvalue weighted by molar-refractivity contribution is -0.140. The van der Waals surface area contributed by atoms with Crippen molar-refractivity contribution in [3.8, 4) is 11.8 Å². The first-order chi connectivity index (χ1) is 12.1. The minimum atomic E-state index is 0.0479. The van der Waals surface area contributed by atoms with Gasteiger partial charge in [0.15, 0.2) is 0 Å². The van der Waals surface area contributed by atoms with Gasteiger partial charge >= 0.3 is 0 Å². The van der Waals surface area contributed by atoms with Crippen molar-refractivity contribution in [2.75, 3.05) is 46.5 Å². The minimum absolute atomic E-state index is 0.0479. The molecule has 2 aliphatic heterocycles. The van der Waals surface area contributed by atoms with Crippen LogP contribution in [0.2, 0.25) is 0 Å². The van der Waals surface area contributed by atoms with Crippen LogP contribution in [0.1, 0.15) is 18.1 Å². The van der Waals surface area contributed by atoms with Crippen molar-refractivity contribution < 1.29 is 14.3 Å². The van der Waals surface area contributed by atoms with Crippen molar-refractivity contribution in [2.45, 2.75) is 13.5 Å². The number of nitrogens with zero attached hydrogens (tertiary/aromatic N) is 3. The summed E-state index contributed by atoms with van der Waals surface area (Å²) in [7, 11) is 1.57. The lowest BCUT2D eigenvalue weighted by Gasteiger charge is -2.30. The molecule has 0 aliphatic carbocycles. The van der Waals surface area contributed by atoms with Gasteiger partial charge in [-0.25, -0.2) is 0 Å². The first-order valence-electron chi connectivity index (χ1n) is 8.78. The zero-order valence-electron chi connectivity index (χ0n) is 14.9. The molecular formula is C19H25N3O3. The van der Waals surface area contributed by atoms with Gasteiger partial charge in [-0.05, 0) is 23.6 Å². The Kier molecular flexibility index (Phi) is 5.57. The van der Waals surface area contributed by atoms with Gasteiger partial charge in [0.05, 0.1) is 31.8 Å². The highest BCUT2D eigenvalue weighted by Gasteiger charge is 2.37. The summed E-state index contributed by atoms with van der Waals surface area (Å²) in [5.41, 5.74) is 1.62. The molecular weight excluding hydrogens is 318 g/mol. The van der Waals surface area contributed by atoms with E-state index in [4.69, 9.17) is 9.47 Å². The molecule has 2 aliphatic rings. The number of hydrogen-bond donors (Lipinski definition) is 0. The van der Waals surface area contributed by atoms with Crippen molar-refractivity contribution in [3.63, 3.8) is 0 Å². The van der Waals surface area contributed by atoms with Crippen LogP contribution < -0.4 is 4.74 Å². The summed E-state index contributed by atoms with van der Waals surface area (Å²) in [5, 5.41) is 9.23. The van der Waals surface area contributed by atoms with E-state index in [1.807, 2.05) is 23.1 Å². The molecule has 3 rings (SSSR count). The molecule has 0 spiro atoms. The molecule has 6 heteroatoms. The Morgan fingerprint density at radius 3 is 2.80 bits per heavy atom. The molecule has 2 heterocycles. The van der Waals surface area contributed by atoms with E-state index in [1.165, 1.54) is 0 Å². The van der Waals surface area contributed by atoms with Gasteiger partial charge in [-0.15, -0.1) is 0 Å². The Morgan fingerprint density at radius 1 is 1.36 bits per heavy atom. The van der Waals surface area contributed by atoms with E-state index in [0.29, 0.717) is 43.5 Å². The first-order valence-corrected chi connectivity index (χ1v) is 8.78. The van der Waals surface area contributed by atoms with Gasteiger partial charge in [0.25, 0.3) is 0 Å². The fraction of sp³-hybridized carbons (Fsp3) is 0.579. The summed E-state index contributed by atoms with van der Waals surface area (Å²) in [4.78, 5) is 17.0. The minimum Gasteiger partial charge on any atom is -0.495 e. The molecule has 1 aromatic rings. The van der Waals surface area contributed by atoms with Crippen LogP contribution in [0.4, 0.5) is 0 Å². The second-order valence-electron chi connectivity index (χ2n) is 6.86. The van der Waals surface area contributed by atoms with E-state index in [9.17, 15) is 10.1 Å². The highest BCUT2D eigenvalue weighted by atomic mass is 16.5. The number of nitriles is 1. The molecule has 0 N–H and O–H groups in total. The Balaban J connectivity index is 1.63. The fourth-order valence-corrected chi connectivity index (χ4v) is 3.74. The van der Waals surface area contributed by atoms with Crippen LogP contribution in [-0.4, -0.2) is 62.2 Å². The van der Waals surface area contributed by atoms with E-state index in [0.717, 1.165) is 25.2 Å². The van der Waals surface area contributed by atoms with Gasteiger partial charge in [0.2, 0.25) is 5.91 Å². The van der Waals surface area contributed by atoms with Crippen molar-refractivity contribution in [1.82, 2.24) is 9.80 Å². The molecule has 2 atom stereocenters. The average molecular weight is 343 g/mol. The molecule has 0 unspecified atom stereocenters. The van der Waals surface area contributed by atoms with Crippen molar-refractivity contribution in [3.05, 3.63) is 29.3 Å². The van der Waals surface area contributed by atoms with Gasteiger partial charge in [0, 0.05) is 32.7 Å². The largest absolute Gasteiger partial charge is 0.495 e. The summed E-state index contributed by atoms with van der Waals surface area (Å²) in [6.07, 6.45) is 0. The molecule has 6 nitrogen and oxygen atoms in total. The second-order valence-corrected chi connectivity index (χ2v) is 6.86. The number of ether oxygens (including phenoxy) is 2. The molecule has 25 heavy (non-hydrogen) atoms. The summed E-state index contributed by atoms with van der Waals surface area (Å²) in [6.45, 7) is 7.24. The lowest BCUT2D eigenvalue weighted by atomic mass is 9.96. The van der Waals surface area contributed by atoms with Crippen LogP contribution >= 0.6 is 0 Å². The maximum atomic E-state index is 12.8. The summed E-state index contributed by atoms with van der Waals surface area (Å²) in [6, 6.07) is 7.87. The molecule has 0 bridgehead atoms. The van der Waals surface area contributed by atoms with Gasteiger partial charge < -0.3 is 14.4 Å². The number of rotatable bonds is 4. The fourth-order valence-electron chi connectivity index (χ4n) is 3.74. The van der Waals surface area contributed by atoms with Crippen LogP contribution in [0, 0.1) is 23.2 Å². The quantitative estimate of drug-likeness (QED) is 0.829. The Bertz CT molecular complexity index is 664. The number of likely N-dealkylation sites (tertiary alicyclic amines) is 1. The number of methoxy groups -OCH3 is 1. The summed E-state index contributed by atoms with van der Waals surface area (Å²) >= 11 is 0. The van der Waals surface area contributed by atoms with Crippen molar-refractivity contribution in [2.24, 2.45) is 11.8 Å². The Morgan fingerprint density at radius 2 is 2.12 bits per heavy atom. The number of amides is 1. The monoisotopic (exact) mass is 343 g/mol. The topological polar surface area (TPSA) is 65.8 Å². The maximum Gasteiger partial charge on any atom is 0.227 e. The maximum absolute atomic E-state index is 12.8. The number of carbonyl (C=O) groups excluding carboxylic acids is 1. The lowest BCUT2D eigenvalue weighted by Crippen LogP contribution is -2.45. The van der Waals surface area contributed by atoms with Gasteiger partial charge in [-0.3, -0.25) is 9.69 Å². The third kappa shape index (κ3) is 3.94. The highest BCUT2D eigenvalue weighted by Crippen LogP contribution is 2.27. The van der Waals surface area contributed by atoms with E-state index >= 15 is 0 Å². The summed E-state index contributed by atoms with van der Waals surface area (Å²) < 4.78 is 10.5. The smallest absolute Gasteiger partial charge is 0.227 e. The van der Waals surface area contributed by atoms with E-state index in [2.05, 4.69) is 17.9 Å². The van der Waals surface area contributed by atoms with Crippen molar-refractivity contribution in [1.29, 1.82) is 5.26 Å². The van der Waals surface area contributed by atoms with Crippen LogP contribution in [0.3, 0.4) is 0 Å². The summed E-state index contributed by atoms with van der Waals surface area (Å²) in [5.74, 6) is 1.24. The molecule has 0 aromatic heterocycles. The standard InChI is InChI=1S/C19H25N3O3/c1-14-11-21(12-15-3-4-18(24-2)16(9-15)10-20)13-17(14)19(23)22-5-7-25-8-6-22/h3-4,9,14,17H,5-8,11-13H2,1-2H3/t14-,17-/m1/s1. The molecule has 134 valence electrons. The number of hydrogen-bond acceptors (Lipinski definition) is 5. The van der Waals surface area contributed by atoms with Crippen LogP contribution in [0.25, 0.3) is 0 Å². The van der Waals surface area contributed by atoms with E-state index < -0.39 is 0 Å². The highest BCUT2D eigenvalue weighted by molar-refractivity contribution is 5.79. The van der Waals surface area contributed by atoms with Gasteiger partial charge in [-0.2, -0.15) is 5.26 Å². The molecule has 2 fully saturated rings. The van der Waals surface area contributed by atoms with Crippen LogP contribution in [-0.2, 0) is 16.1 Å². The first kappa shape index (κ1) is 17.7. The zero-order valence-corrected chi connectivity index (χ0v) is 14.9. The zero-order chi connectivity index (χ0) is 17.8. The molecule has 0 radical (unpaired) electrons. The third-order valence-electron chi connectivity index (χ3n) is 5.12. The average Bonchev–Trinajstić information content (AvgIpc) is 3.01. The molecule has 0 saturated carbocycles. The number of morpholine rings is 1. The van der Waals surface area contributed by atoms with Gasteiger partial charge in [-0.1, -0.05) is 13.0 Å².